The van der Waals surface area contributed by atoms with Crippen LogP contribution in [-0.4, -0.2) is 22.3 Å². The normalized spacial score (nSPS) is 18.0. The molecule has 3 rings (SSSR count). The van der Waals surface area contributed by atoms with Gasteiger partial charge in [0.05, 0.1) is 6.04 Å². The van der Waals surface area contributed by atoms with E-state index in [0.29, 0.717) is 11.6 Å². The molecule has 2 aromatic rings. The van der Waals surface area contributed by atoms with Crippen LogP contribution in [0.15, 0.2) is 41.4 Å². The third kappa shape index (κ3) is 3.62. The number of aromatic nitrogens is 1. The average Bonchev–Trinajstić information content (AvgIpc) is 3.24. The molecule has 2 heterocycles. The lowest BCUT2D eigenvalue weighted by Crippen LogP contribution is -2.31. The van der Waals surface area contributed by atoms with Gasteiger partial charge in [-0.25, -0.2) is 4.98 Å². The van der Waals surface area contributed by atoms with Gasteiger partial charge < -0.3 is 4.90 Å². The van der Waals surface area contributed by atoms with Gasteiger partial charge >= 0.3 is 0 Å². The first kappa shape index (κ1) is 16.1. The molecular weight excluding hydrogens is 421 g/mol. The first-order valence-corrected chi connectivity index (χ1v) is 9.22. The van der Waals surface area contributed by atoms with Gasteiger partial charge in [-0.2, -0.15) is 5.26 Å². The predicted octanol–water partition coefficient (Wildman–Crippen LogP) is 4.02. The molecule has 1 aromatic carbocycles. The molecule has 1 atom stereocenters. The number of carbonyl (C=O) groups excluding carboxylic acids is 1. The van der Waals surface area contributed by atoms with Gasteiger partial charge in [0.25, 0.3) is 5.91 Å². The lowest BCUT2D eigenvalue weighted by atomic mass is 10.0. The SMILES string of the molecule is N#CC(=Cc1nccs1)C(=O)N1CCCC1c1ccc(I)cc1. The standard InChI is InChI=1S/C17H14IN3OS/c18-14-5-3-12(4-6-14)15-2-1-8-21(15)17(22)13(11-19)10-16-20-7-9-23-16/h3-7,9-10,15H,1-2,8H2. The Hall–Kier alpha value is -1.72. The molecule has 1 unspecified atom stereocenters. The number of benzene rings is 1. The first-order valence-electron chi connectivity index (χ1n) is 7.27. The van der Waals surface area contributed by atoms with Crippen LogP contribution in [0.1, 0.15) is 29.5 Å². The summed E-state index contributed by atoms with van der Waals surface area (Å²) in [6, 6.07) is 10.3. The largest absolute Gasteiger partial charge is 0.331 e. The summed E-state index contributed by atoms with van der Waals surface area (Å²) in [5.41, 5.74) is 1.28. The zero-order valence-electron chi connectivity index (χ0n) is 12.3. The Labute approximate surface area is 152 Å². The molecule has 1 aromatic heterocycles. The average molecular weight is 435 g/mol. The van der Waals surface area contributed by atoms with Gasteiger partial charge in [-0.15, -0.1) is 11.3 Å². The number of hydrogen-bond acceptors (Lipinski definition) is 4. The number of thiazole rings is 1. The minimum absolute atomic E-state index is 0.0487. The van der Waals surface area contributed by atoms with E-state index in [1.165, 1.54) is 14.9 Å². The molecule has 0 saturated carbocycles. The smallest absolute Gasteiger partial charge is 0.265 e. The van der Waals surface area contributed by atoms with Crippen molar-refractivity contribution in [1.82, 2.24) is 9.88 Å². The number of nitriles is 1. The third-order valence-corrected chi connectivity index (χ3v) is 5.28. The molecule has 1 amide bonds. The van der Waals surface area contributed by atoms with Gasteiger partial charge in [0.2, 0.25) is 0 Å². The van der Waals surface area contributed by atoms with Crippen LogP contribution < -0.4 is 0 Å². The minimum Gasteiger partial charge on any atom is -0.331 e. The molecule has 0 spiro atoms. The fraction of sp³-hybridized carbons (Fsp3) is 0.235. The second-order valence-electron chi connectivity index (χ2n) is 5.25. The molecule has 0 radical (unpaired) electrons. The Morgan fingerprint density at radius 2 is 2.22 bits per heavy atom. The number of likely N-dealkylation sites (tertiary alicyclic amines) is 1. The van der Waals surface area contributed by atoms with E-state index in [1.807, 2.05) is 28.5 Å². The van der Waals surface area contributed by atoms with Crippen LogP contribution in [0, 0.1) is 14.9 Å². The van der Waals surface area contributed by atoms with Gasteiger partial charge in [0.1, 0.15) is 16.6 Å². The van der Waals surface area contributed by atoms with Crippen molar-refractivity contribution in [1.29, 1.82) is 5.26 Å². The van der Waals surface area contributed by atoms with E-state index in [2.05, 4.69) is 39.7 Å². The summed E-state index contributed by atoms with van der Waals surface area (Å²) in [7, 11) is 0. The molecule has 0 bridgehead atoms. The summed E-state index contributed by atoms with van der Waals surface area (Å²) < 4.78 is 1.17. The minimum atomic E-state index is -0.205. The Morgan fingerprint density at radius 1 is 1.43 bits per heavy atom. The zero-order valence-corrected chi connectivity index (χ0v) is 15.3. The maximum atomic E-state index is 12.8. The second-order valence-corrected chi connectivity index (χ2v) is 7.42. The fourth-order valence-electron chi connectivity index (χ4n) is 2.77. The molecule has 1 fully saturated rings. The van der Waals surface area contributed by atoms with Crippen LogP contribution in [0.25, 0.3) is 6.08 Å². The molecule has 0 aliphatic carbocycles. The van der Waals surface area contributed by atoms with Crippen LogP contribution in [0.3, 0.4) is 0 Å². The van der Waals surface area contributed by atoms with Crippen LogP contribution >= 0.6 is 33.9 Å². The summed E-state index contributed by atoms with van der Waals surface area (Å²) >= 11 is 3.68. The van der Waals surface area contributed by atoms with Crippen molar-refractivity contribution in [3.05, 3.63) is 55.6 Å². The highest BCUT2D eigenvalue weighted by Gasteiger charge is 2.31. The van der Waals surface area contributed by atoms with E-state index in [0.717, 1.165) is 18.4 Å². The summed E-state index contributed by atoms with van der Waals surface area (Å²) in [5, 5.41) is 11.9. The number of halogens is 1. The van der Waals surface area contributed by atoms with E-state index < -0.39 is 0 Å². The van der Waals surface area contributed by atoms with E-state index in [1.54, 1.807) is 12.3 Å². The van der Waals surface area contributed by atoms with Crippen LogP contribution in [-0.2, 0) is 4.79 Å². The summed E-state index contributed by atoms with van der Waals surface area (Å²) in [6.07, 6.45) is 5.14. The quantitative estimate of drug-likeness (QED) is 0.416. The van der Waals surface area contributed by atoms with E-state index in [-0.39, 0.29) is 17.5 Å². The highest BCUT2D eigenvalue weighted by molar-refractivity contribution is 14.1. The van der Waals surface area contributed by atoms with Crippen molar-refractivity contribution < 1.29 is 4.79 Å². The lowest BCUT2D eigenvalue weighted by Gasteiger charge is -2.24. The molecule has 4 nitrogen and oxygen atoms in total. The Bertz CT molecular complexity index is 762. The van der Waals surface area contributed by atoms with E-state index >= 15 is 0 Å². The Morgan fingerprint density at radius 3 is 2.87 bits per heavy atom. The third-order valence-electron chi connectivity index (χ3n) is 3.84. The van der Waals surface area contributed by atoms with Crippen molar-refractivity contribution >= 4 is 45.9 Å². The Balaban J connectivity index is 1.85. The van der Waals surface area contributed by atoms with Crippen LogP contribution in [0.4, 0.5) is 0 Å². The second kappa shape index (κ2) is 7.23. The summed E-state index contributed by atoms with van der Waals surface area (Å²) in [5.74, 6) is -0.205. The van der Waals surface area contributed by atoms with Gasteiger partial charge in [0.15, 0.2) is 0 Å². The first-order chi connectivity index (χ1) is 11.2. The lowest BCUT2D eigenvalue weighted by molar-refractivity contribution is -0.127. The monoisotopic (exact) mass is 435 g/mol. The fourth-order valence-corrected chi connectivity index (χ4v) is 3.70. The van der Waals surface area contributed by atoms with Crippen molar-refractivity contribution in [2.24, 2.45) is 0 Å². The van der Waals surface area contributed by atoms with Gasteiger partial charge in [-0.05, 0) is 59.2 Å². The highest BCUT2D eigenvalue weighted by Crippen LogP contribution is 2.33. The summed E-state index contributed by atoms with van der Waals surface area (Å²) in [4.78, 5) is 18.7. The Kier molecular flexibility index (Phi) is 5.08. The van der Waals surface area contributed by atoms with Gasteiger partial charge in [0, 0.05) is 21.7 Å². The molecular formula is C17H14IN3OS. The van der Waals surface area contributed by atoms with Crippen LogP contribution in [0.2, 0.25) is 0 Å². The topological polar surface area (TPSA) is 57.0 Å². The maximum Gasteiger partial charge on any atom is 0.265 e. The maximum absolute atomic E-state index is 12.8. The van der Waals surface area contributed by atoms with Crippen molar-refractivity contribution in [2.75, 3.05) is 6.54 Å². The predicted molar refractivity (Wildman–Crippen MR) is 98.6 cm³/mol. The van der Waals surface area contributed by atoms with Crippen molar-refractivity contribution in [3.63, 3.8) is 0 Å². The van der Waals surface area contributed by atoms with Gasteiger partial charge in [-0.3, -0.25) is 4.79 Å². The molecule has 23 heavy (non-hydrogen) atoms. The number of amides is 1. The number of rotatable bonds is 3. The number of hydrogen-bond donors (Lipinski definition) is 0. The molecule has 1 aliphatic rings. The van der Waals surface area contributed by atoms with E-state index in [9.17, 15) is 10.1 Å². The molecule has 0 N–H and O–H groups in total. The van der Waals surface area contributed by atoms with Crippen molar-refractivity contribution in [3.8, 4) is 6.07 Å². The number of nitrogens with zero attached hydrogens (tertiary/aromatic N) is 3. The molecule has 1 aliphatic heterocycles. The van der Waals surface area contributed by atoms with Gasteiger partial charge in [-0.1, -0.05) is 12.1 Å². The number of carbonyl (C=O) groups is 1. The molecule has 116 valence electrons. The van der Waals surface area contributed by atoms with Crippen LogP contribution in [0.5, 0.6) is 0 Å². The molecule has 6 heteroatoms. The summed E-state index contributed by atoms with van der Waals surface area (Å²) in [6.45, 7) is 0.687. The highest BCUT2D eigenvalue weighted by atomic mass is 127. The van der Waals surface area contributed by atoms with E-state index in [4.69, 9.17) is 0 Å². The molecule has 1 saturated heterocycles. The zero-order chi connectivity index (χ0) is 16.2. The van der Waals surface area contributed by atoms with Crippen molar-refractivity contribution in [2.45, 2.75) is 18.9 Å².